The maximum absolute atomic E-state index is 10.9. The summed E-state index contributed by atoms with van der Waals surface area (Å²) in [5.41, 5.74) is 0.785. The molecule has 0 bridgehead atoms. The number of carbonyl (C=O) groups excluding carboxylic acids is 1. The van der Waals surface area contributed by atoms with Crippen LogP contribution in [-0.4, -0.2) is 35.3 Å². The molecule has 2 heterocycles. The average Bonchev–Trinajstić information content (AvgIpc) is 2.75. The van der Waals surface area contributed by atoms with Crippen molar-refractivity contribution < 1.29 is 19.2 Å². The van der Waals surface area contributed by atoms with Crippen molar-refractivity contribution in [1.82, 2.24) is 5.06 Å². The van der Waals surface area contributed by atoms with E-state index in [-0.39, 0.29) is 5.97 Å². The first-order chi connectivity index (χ1) is 8.15. The van der Waals surface area contributed by atoms with E-state index in [2.05, 4.69) is 0 Å². The Morgan fingerprint density at radius 2 is 2.53 bits per heavy atom. The number of carbonyl (C=O) groups is 1. The molecule has 0 radical (unpaired) electrons. The van der Waals surface area contributed by atoms with Crippen molar-refractivity contribution in [3.05, 3.63) is 29.7 Å². The van der Waals surface area contributed by atoms with Crippen LogP contribution >= 0.6 is 0 Å². The van der Waals surface area contributed by atoms with E-state index in [0.29, 0.717) is 25.3 Å². The van der Waals surface area contributed by atoms with Gasteiger partial charge in [-0.1, -0.05) is 0 Å². The molecule has 0 aromatic carbocycles. The minimum absolute atomic E-state index is 0.348. The molecule has 0 amide bonds. The maximum atomic E-state index is 10.9. The van der Waals surface area contributed by atoms with Crippen LogP contribution < -0.4 is 0 Å². The third-order valence-electron chi connectivity index (χ3n) is 2.57. The highest BCUT2D eigenvalue weighted by molar-refractivity contribution is 5.65. The lowest BCUT2D eigenvalue weighted by Gasteiger charge is -2.29. The molecule has 0 aliphatic carbocycles. The summed E-state index contributed by atoms with van der Waals surface area (Å²) in [6.45, 7) is 2.30. The highest BCUT2D eigenvalue weighted by Gasteiger charge is 2.24. The summed E-state index contributed by atoms with van der Waals surface area (Å²) in [4.78, 5) is 15.9. The monoisotopic (exact) mass is 237 g/mol. The zero-order chi connectivity index (χ0) is 12.3. The molecule has 5 heteroatoms. The third-order valence-corrected chi connectivity index (χ3v) is 2.57. The summed E-state index contributed by atoms with van der Waals surface area (Å²) in [5, 5.41) is 11.4. The van der Waals surface area contributed by atoms with E-state index < -0.39 is 6.10 Å². The number of rotatable bonds is 2. The van der Waals surface area contributed by atoms with E-state index in [1.807, 2.05) is 6.07 Å². The highest BCUT2D eigenvalue weighted by atomic mass is 16.7. The van der Waals surface area contributed by atoms with Gasteiger partial charge >= 0.3 is 5.97 Å². The SMILES string of the molecule is CC(=O)ON1CCC(O)/C(=C/c2ccco2)C1. The molecule has 1 aromatic heterocycles. The Morgan fingerprint density at radius 3 is 3.18 bits per heavy atom. The van der Waals surface area contributed by atoms with Gasteiger partial charge in [-0.15, -0.1) is 5.06 Å². The number of hydrogen-bond donors (Lipinski definition) is 1. The molecule has 5 nitrogen and oxygen atoms in total. The van der Waals surface area contributed by atoms with Crippen molar-refractivity contribution in [3.8, 4) is 0 Å². The van der Waals surface area contributed by atoms with E-state index in [9.17, 15) is 9.90 Å². The lowest BCUT2D eigenvalue weighted by molar-refractivity contribution is -0.190. The second-order valence-electron chi connectivity index (χ2n) is 3.99. The van der Waals surface area contributed by atoms with Gasteiger partial charge < -0.3 is 14.4 Å². The molecule has 0 saturated carbocycles. The molecule has 2 rings (SSSR count). The Bertz CT molecular complexity index is 410. The quantitative estimate of drug-likeness (QED) is 0.837. The average molecular weight is 237 g/mol. The largest absolute Gasteiger partial charge is 0.465 e. The van der Waals surface area contributed by atoms with Crippen LogP contribution in [0.4, 0.5) is 0 Å². The Morgan fingerprint density at radius 1 is 1.71 bits per heavy atom. The first kappa shape index (κ1) is 11.9. The summed E-state index contributed by atoms with van der Waals surface area (Å²) in [7, 11) is 0. The van der Waals surface area contributed by atoms with Crippen LogP contribution in [0.25, 0.3) is 6.08 Å². The number of hydroxylamine groups is 2. The Balaban J connectivity index is 2.07. The van der Waals surface area contributed by atoms with Crippen molar-refractivity contribution >= 4 is 12.0 Å². The zero-order valence-corrected chi connectivity index (χ0v) is 9.63. The standard InChI is InChI=1S/C12H15NO4/c1-9(14)17-13-5-4-12(15)10(8-13)7-11-3-2-6-16-11/h2-3,6-7,12,15H,4-5,8H2,1H3/b10-7+. The lowest BCUT2D eigenvalue weighted by Crippen LogP contribution is -2.38. The van der Waals surface area contributed by atoms with Crippen LogP contribution in [0.3, 0.4) is 0 Å². The Labute approximate surface area is 99.2 Å². The molecule has 1 unspecified atom stereocenters. The zero-order valence-electron chi connectivity index (χ0n) is 9.63. The van der Waals surface area contributed by atoms with Gasteiger partial charge in [0.15, 0.2) is 0 Å². The molecule has 1 aliphatic rings. The molecule has 17 heavy (non-hydrogen) atoms. The number of piperidine rings is 1. The van der Waals surface area contributed by atoms with Crippen LogP contribution in [0.2, 0.25) is 0 Å². The summed E-state index contributed by atoms with van der Waals surface area (Å²) >= 11 is 0. The van der Waals surface area contributed by atoms with Crippen molar-refractivity contribution in [2.24, 2.45) is 0 Å². The molecule has 1 N–H and O–H groups in total. The fraction of sp³-hybridized carbons (Fsp3) is 0.417. The van der Waals surface area contributed by atoms with E-state index in [4.69, 9.17) is 9.25 Å². The van der Waals surface area contributed by atoms with Gasteiger partial charge in [0.25, 0.3) is 0 Å². The normalized spacial score (nSPS) is 23.9. The predicted octanol–water partition coefficient (Wildman–Crippen LogP) is 1.21. The number of furan rings is 1. The minimum atomic E-state index is -0.507. The fourth-order valence-electron chi connectivity index (χ4n) is 1.80. The Kier molecular flexibility index (Phi) is 3.61. The molecule has 1 aromatic rings. The van der Waals surface area contributed by atoms with Gasteiger partial charge in [-0.2, -0.15) is 0 Å². The van der Waals surface area contributed by atoms with E-state index in [1.54, 1.807) is 23.5 Å². The van der Waals surface area contributed by atoms with Crippen LogP contribution in [0, 0.1) is 0 Å². The van der Waals surface area contributed by atoms with Crippen LogP contribution in [0.1, 0.15) is 19.1 Å². The van der Waals surface area contributed by atoms with Gasteiger partial charge in [-0.05, 0) is 30.2 Å². The van der Waals surface area contributed by atoms with E-state index in [0.717, 1.165) is 5.57 Å². The first-order valence-electron chi connectivity index (χ1n) is 5.50. The third kappa shape index (κ3) is 3.18. The molecular weight excluding hydrogens is 222 g/mol. The Hall–Kier alpha value is -1.59. The van der Waals surface area contributed by atoms with Crippen LogP contribution in [0.15, 0.2) is 28.4 Å². The van der Waals surface area contributed by atoms with E-state index in [1.165, 1.54) is 6.92 Å². The molecular formula is C12H15NO4. The number of nitrogens with zero attached hydrogens (tertiary/aromatic N) is 1. The van der Waals surface area contributed by atoms with Crippen molar-refractivity contribution in [1.29, 1.82) is 0 Å². The topological polar surface area (TPSA) is 62.9 Å². The predicted molar refractivity (Wildman–Crippen MR) is 60.6 cm³/mol. The van der Waals surface area contributed by atoms with Crippen LogP contribution in [-0.2, 0) is 9.63 Å². The molecule has 1 aliphatic heterocycles. The molecule has 92 valence electrons. The lowest BCUT2D eigenvalue weighted by atomic mass is 10.0. The number of aliphatic hydroxyl groups is 1. The van der Waals surface area contributed by atoms with Crippen molar-refractivity contribution in [3.63, 3.8) is 0 Å². The summed E-state index contributed by atoms with van der Waals surface area (Å²) < 4.78 is 5.19. The van der Waals surface area contributed by atoms with Crippen molar-refractivity contribution in [2.75, 3.05) is 13.1 Å². The number of aliphatic hydroxyl groups excluding tert-OH is 1. The molecule has 0 spiro atoms. The van der Waals surface area contributed by atoms with Gasteiger partial charge in [0, 0.05) is 13.5 Å². The van der Waals surface area contributed by atoms with Gasteiger partial charge in [-0.25, -0.2) is 0 Å². The van der Waals surface area contributed by atoms with Gasteiger partial charge in [0.05, 0.1) is 18.9 Å². The van der Waals surface area contributed by atoms with Crippen LogP contribution in [0.5, 0.6) is 0 Å². The van der Waals surface area contributed by atoms with E-state index >= 15 is 0 Å². The first-order valence-corrected chi connectivity index (χ1v) is 5.50. The summed E-state index contributed by atoms with van der Waals surface area (Å²) in [6.07, 6.45) is 3.39. The summed E-state index contributed by atoms with van der Waals surface area (Å²) in [5.74, 6) is 0.336. The van der Waals surface area contributed by atoms with Gasteiger partial charge in [-0.3, -0.25) is 4.79 Å². The molecule has 1 saturated heterocycles. The van der Waals surface area contributed by atoms with Gasteiger partial charge in [0.1, 0.15) is 5.76 Å². The molecule has 1 atom stereocenters. The highest BCUT2D eigenvalue weighted by Crippen LogP contribution is 2.19. The number of hydrogen-bond acceptors (Lipinski definition) is 5. The van der Waals surface area contributed by atoms with Gasteiger partial charge in [0.2, 0.25) is 0 Å². The second kappa shape index (κ2) is 5.16. The second-order valence-corrected chi connectivity index (χ2v) is 3.99. The smallest absolute Gasteiger partial charge is 0.322 e. The molecule has 1 fully saturated rings. The summed E-state index contributed by atoms with van der Waals surface area (Å²) in [6, 6.07) is 3.59. The fourth-order valence-corrected chi connectivity index (χ4v) is 1.80. The maximum Gasteiger partial charge on any atom is 0.322 e. The minimum Gasteiger partial charge on any atom is -0.465 e. The van der Waals surface area contributed by atoms with Crippen molar-refractivity contribution in [2.45, 2.75) is 19.4 Å².